The summed E-state index contributed by atoms with van der Waals surface area (Å²) >= 11 is -5.86. The van der Waals surface area contributed by atoms with Crippen molar-refractivity contribution in [3.05, 3.63) is 18.2 Å². The molecule has 1 N–H and O–H groups in total. The third kappa shape index (κ3) is 8.50. The molecule has 0 bridgehead atoms. The van der Waals surface area contributed by atoms with E-state index < -0.39 is 15.8 Å². The fraction of sp³-hybridized carbons (Fsp3) is 0.625. The average molecular weight is 405 g/mol. The zero-order chi connectivity index (χ0) is 12.6. The predicted molar refractivity (Wildman–Crippen MR) is 47.8 cm³/mol. The minimum atomic E-state index is -5.86. The molecular weight excluding hydrogens is 390 g/mol. The van der Waals surface area contributed by atoms with Crippen LogP contribution in [0.4, 0.5) is 0 Å². The Balaban J connectivity index is 0.000000385. The van der Waals surface area contributed by atoms with Gasteiger partial charge in [0.1, 0.15) is 5.82 Å². The number of nitrogens with zero attached hydrogens (tertiary/aromatic N) is 2. The van der Waals surface area contributed by atoms with Gasteiger partial charge in [-0.2, -0.15) is 0 Å². The molecule has 0 aliphatic heterocycles. The third-order valence-electron chi connectivity index (χ3n) is 1.67. The van der Waals surface area contributed by atoms with Crippen LogP contribution in [-0.2, 0) is 43.9 Å². The number of hydrogen-bond acceptors (Lipinski definition) is 5. The molecule has 7 nitrogen and oxygen atoms in total. The van der Waals surface area contributed by atoms with Crippen LogP contribution in [0.15, 0.2) is 12.4 Å². The Morgan fingerprint density at radius 1 is 1.50 bits per heavy atom. The van der Waals surface area contributed by atoms with Crippen molar-refractivity contribution >= 4 is 0 Å². The molecule has 0 fully saturated rings. The Hall–Kier alpha value is -0.808. The molecule has 1 heterocycles. The van der Waals surface area contributed by atoms with Crippen molar-refractivity contribution in [3.63, 3.8) is 0 Å². The summed E-state index contributed by atoms with van der Waals surface area (Å²) in [5.41, 5.74) is 0. The van der Waals surface area contributed by atoms with E-state index in [1.54, 1.807) is 7.11 Å². The third-order valence-corrected chi connectivity index (χ3v) is 1.67. The summed E-state index contributed by atoms with van der Waals surface area (Å²) in [4.78, 5) is 4.21. The summed E-state index contributed by atoms with van der Waals surface area (Å²) in [5, 5.41) is 0. The maximum absolute atomic E-state index is 8.75. The number of aryl methyl sites for hydroxylation is 1. The molecule has 8 heteroatoms. The van der Waals surface area contributed by atoms with Crippen LogP contribution in [0.1, 0.15) is 12.7 Å². The molecule has 94 valence electrons. The molecule has 16 heavy (non-hydrogen) atoms. The molecule has 0 spiro atoms. The van der Waals surface area contributed by atoms with Gasteiger partial charge in [-0.3, -0.25) is 0 Å². The summed E-state index contributed by atoms with van der Waals surface area (Å²) in [6.07, 6.45) is 4.72. The summed E-state index contributed by atoms with van der Waals surface area (Å²) in [7, 11) is 1.71. The van der Waals surface area contributed by atoms with Gasteiger partial charge in [-0.05, 0) is 6.92 Å². The second kappa shape index (κ2) is 7.46. The predicted octanol–water partition coefficient (Wildman–Crippen LogP) is 0.176. The molecule has 0 unspecified atom stereocenters. The van der Waals surface area contributed by atoms with E-state index in [0.717, 1.165) is 25.4 Å². The van der Waals surface area contributed by atoms with Crippen LogP contribution in [0.25, 0.3) is 0 Å². The molecule has 1 rings (SSSR count). The van der Waals surface area contributed by atoms with Gasteiger partial charge in [0, 0.05) is 32.5 Å². The Bertz CT molecular complexity index is 431. The van der Waals surface area contributed by atoms with Crippen molar-refractivity contribution in [1.29, 1.82) is 0 Å². The van der Waals surface area contributed by atoms with Crippen molar-refractivity contribution in [2.24, 2.45) is 0 Å². The Morgan fingerprint density at radius 2 is 2.06 bits per heavy atom. The normalized spacial score (nSPS) is 10.7. The van der Waals surface area contributed by atoms with E-state index in [9.17, 15) is 0 Å². The van der Waals surface area contributed by atoms with E-state index in [2.05, 4.69) is 16.5 Å². The van der Waals surface area contributed by atoms with E-state index in [1.807, 2.05) is 12.4 Å². The SMILES string of the molecule is CCn1ccnc1CCOC.[O]=[Re](=[O])(=[O])[OH]. The zero-order valence-electron chi connectivity index (χ0n) is 9.13. The zero-order valence-corrected chi connectivity index (χ0v) is 11.8. The van der Waals surface area contributed by atoms with Gasteiger partial charge >= 0.3 is 30.0 Å². The molecule has 0 aromatic carbocycles. The number of hydrogen-bond donors (Lipinski definition) is 1. The second-order valence-corrected chi connectivity index (χ2v) is 5.61. The van der Waals surface area contributed by atoms with E-state index in [0.29, 0.717) is 0 Å². The van der Waals surface area contributed by atoms with Gasteiger partial charge in [0.2, 0.25) is 0 Å². The Labute approximate surface area is 96.4 Å². The van der Waals surface area contributed by atoms with Crippen LogP contribution >= 0.6 is 0 Å². The summed E-state index contributed by atoms with van der Waals surface area (Å²) in [6, 6.07) is 0. The van der Waals surface area contributed by atoms with Gasteiger partial charge in [-0.1, -0.05) is 0 Å². The number of ether oxygens (including phenoxy) is 1. The van der Waals surface area contributed by atoms with Gasteiger partial charge in [-0.15, -0.1) is 0 Å². The maximum atomic E-state index is 8.75. The number of rotatable bonds is 4. The number of imidazole rings is 1. The van der Waals surface area contributed by atoms with Gasteiger partial charge in [0.05, 0.1) is 6.61 Å². The number of methoxy groups -OCH3 is 1. The van der Waals surface area contributed by atoms with Crippen LogP contribution in [0.3, 0.4) is 0 Å². The first-order valence-electron chi connectivity index (χ1n) is 4.50. The molecule has 0 radical (unpaired) electrons. The van der Waals surface area contributed by atoms with Crippen LogP contribution in [0.5, 0.6) is 0 Å². The van der Waals surface area contributed by atoms with E-state index in [4.69, 9.17) is 19.0 Å². The first-order valence-corrected chi connectivity index (χ1v) is 9.04. The molecule has 1 aromatic rings. The van der Waals surface area contributed by atoms with Gasteiger partial charge in [0.15, 0.2) is 0 Å². The van der Waals surface area contributed by atoms with Gasteiger partial charge in [0.25, 0.3) is 0 Å². The molecule has 0 atom stereocenters. The Morgan fingerprint density at radius 3 is 2.50 bits per heavy atom. The first-order chi connectivity index (χ1) is 7.38. The van der Waals surface area contributed by atoms with Crippen molar-refractivity contribution in [1.82, 2.24) is 9.55 Å². The van der Waals surface area contributed by atoms with Crippen LogP contribution in [-0.4, -0.2) is 27.1 Å². The summed E-state index contributed by atoms with van der Waals surface area (Å²) < 4.78 is 40.4. The fourth-order valence-corrected chi connectivity index (χ4v) is 1.05. The molecule has 0 saturated carbocycles. The summed E-state index contributed by atoms with van der Waals surface area (Å²) in [5.74, 6) is 1.11. The van der Waals surface area contributed by atoms with E-state index in [1.165, 1.54) is 0 Å². The quantitative estimate of drug-likeness (QED) is 0.767. The first kappa shape index (κ1) is 15.2. The van der Waals surface area contributed by atoms with E-state index in [-0.39, 0.29) is 0 Å². The molecule has 1 aromatic heterocycles. The van der Waals surface area contributed by atoms with Gasteiger partial charge < -0.3 is 9.30 Å². The van der Waals surface area contributed by atoms with Crippen molar-refractivity contribution < 1.29 is 34.8 Å². The standard InChI is InChI=1S/C8H14N2O.H2O.3O.Re/c1-3-10-6-5-9-8(10)4-7-11-2;;;;;/h5-6H,3-4,7H2,1-2H3;1H2;;;;/q;;;;;+1/p-1. The summed E-state index contributed by atoms with van der Waals surface area (Å²) in [6.45, 7) is 3.84. The van der Waals surface area contributed by atoms with Crippen LogP contribution in [0, 0.1) is 0 Å². The Kier molecular flexibility index (Phi) is 7.09. The minimum absolute atomic E-state index is 0.747. The fourth-order valence-electron chi connectivity index (χ4n) is 1.05. The number of aromatic nitrogens is 2. The van der Waals surface area contributed by atoms with Crippen LogP contribution < -0.4 is 0 Å². The van der Waals surface area contributed by atoms with Crippen LogP contribution in [0.2, 0.25) is 0 Å². The monoisotopic (exact) mass is 406 g/mol. The molecule has 0 amide bonds. The molecular formula is C8H15N2O5Re. The van der Waals surface area contributed by atoms with Crippen molar-refractivity contribution in [3.8, 4) is 0 Å². The molecule has 0 aliphatic rings. The second-order valence-electron chi connectivity index (χ2n) is 2.77. The van der Waals surface area contributed by atoms with Gasteiger partial charge in [-0.25, -0.2) is 4.98 Å². The topological polar surface area (TPSA) is 98.5 Å². The molecule has 0 saturated heterocycles. The van der Waals surface area contributed by atoms with E-state index >= 15 is 0 Å². The molecule has 0 aliphatic carbocycles. The average Bonchev–Trinajstić information content (AvgIpc) is 2.59. The van der Waals surface area contributed by atoms with Crippen molar-refractivity contribution in [2.45, 2.75) is 19.9 Å². The van der Waals surface area contributed by atoms with Crippen molar-refractivity contribution in [2.75, 3.05) is 13.7 Å².